The van der Waals surface area contributed by atoms with E-state index in [0.29, 0.717) is 13.1 Å². The van der Waals surface area contributed by atoms with Crippen LogP contribution >= 0.6 is 0 Å². The molecule has 0 radical (unpaired) electrons. The largest absolute Gasteiger partial charge is 0.352 e. The van der Waals surface area contributed by atoms with E-state index >= 15 is 0 Å². The fourth-order valence-corrected chi connectivity index (χ4v) is 1.63. The van der Waals surface area contributed by atoms with Gasteiger partial charge in [-0.3, -0.25) is 14.5 Å². The predicted molar refractivity (Wildman–Crippen MR) is 77.0 cm³/mol. The van der Waals surface area contributed by atoms with E-state index in [1.165, 1.54) is 0 Å². The first-order chi connectivity index (χ1) is 8.90. The van der Waals surface area contributed by atoms with Crippen molar-refractivity contribution in [3.05, 3.63) is 0 Å². The number of carbonyl (C=O) groups is 2. The van der Waals surface area contributed by atoms with Crippen LogP contribution in [0.1, 0.15) is 20.8 Å². The van der Waals surface area contributed by atoms with Gasteiger partial charge in [-0.05, 0) is 34.9 Å². The van der Waals surface area contributed by atoms with Gasteiger partial charge in [-0.2, -0.15) is 0 Å². The Morgan fingerprint density at radius 2 is 1.84 bits per heavy atom. The highest BCUT2D eigenvalue weighted by Crippen LogP contribution is 1.93. The summed E-state index contributed by atoms with van der Waals surface area (Å²) >= 11 is 0. The first kappa shape index (κ1) is 17.9. The third-order valence-electron chi connectivity index (χ3n) is 2.67. The van der Waals surface area contributed by atoms with Gasteiger partial charge in [0.2, 0.25) is 11.8 Å². The van der Waals surface area contributed by atoms with E-state index in [9.17, 15) is 9.59 Å². The van der Waals surface area contributed by atoms with E-state index in [1.54, 1.807) is 4.90 Å². The summed E-state index contributed by atoms with van der Waals surface area (Å²) in [7, 11) is 3.78. The average Bonchev–Trinajstić information content (AvgIpc) is 2.32. The van der Waals surface area contributed by atoms with Crippen molar-refractivity contribution < 1.29 is 9.59 Å². The van der Waals surface area contributed by atoms with Gasteiger partial charge in [-0.1, -0.05) is 0 Å². The minimum Gasteiger partial charge on any atom is -0.352 e. The molecule has 0 spiro atoms. The van der Waals surface area contributed by atoms with Crippen molar-refractivity contribution in [2.45, 2.75) is 26.8 Å². The van der Waals surface area contributed by atoms with Crippen LogP contribution in [0.15, 0.2) is 0 Å². The van der Waals surface area contributed by atoms with Crippen LogP contribution in [0.3, 0.4) is 0 Å². The second-order valence-electron chi connectivity index (χ2n) is 4.97. The van der Waals surface area contributed by atoms with Gasteiger partial charge >= 0.3 is 0 Å². The molecule has 0 aliphatic rings. The van der Waals surface area contributed by atoms with E-state index in [2.05, 4.69) is 10.6 Å². The lowest BCUT2D eigenvalue weighted by Crippen LogP contribution is -2.46. The zero-order valence-electron chi connectivity index (χ0n) is 12.8. The number of hydrogen-bond acceptors (Lipinski definition) is 4. The number of rotatable bonds is 9. The molecule has 0 rings (SSSR count). The van der Waals surface area contributed by atoms with Crippen LogP contribution in [0.5, 0.6) is 0 Å². The summed E-state index contributed by atoms with van der Waals surface area (Å²) < 4.78 is 0. The SMILES string of the molecule is CCN(CC(=O)NC(C)C)C(=O)CN(C)CCNC. The summed E-state index contributed by atoms with van der Waals surface area (Å²) in [5, 5.41) is 5.83. The molecule has 0 aromatic carbocycles. The first-order valence-corrected chi connectivity index (χ1v) is 6.81. The molecular weight excluding hydrogens is 244 g/mol. The molecule has 0 heterocycles. The third-order valence-corrected chi connectivity index (χ3v) is 2.67. The van der Waals surface area contributed by atoms with Gasteiger partial charge in [0.1, 0.15) is 0 Å². The molecule has 6 heteroatoms. The molecule has 2 N–H and O–H groups in total. The molecule has 2 amide bonds. The number of likely N-dealkylation sites (N-methyl/N-ethyl adjacent to an activating group) is 3. The number of nitrogens with one attached hydrogen (secondary N) is 2. The summed E-state index contributed by atoms with van der Waals surface area (Å²) in [5.41, 5.74) is 0. The first-order valence-electron chi connectivity index (χ1n) is 6.81. The van der Waals surface area contributed by atoms with E-state index in [4.69, 9.17) is 0 Å². The molecule has 0 aromatic heterocycles. The number of amides is 2. The average molecular weight is 272 g/mol. The monoisotopic (exact) mass is 272 g/mol. The molecule has 0 aliphatic heterocycles. The second-order valence-corrected chi connectivity index (χ2v) is 4.97. The van der Waals surface area contributed by atoms with Gasteiger partial charge in [-0.25, -0.2) is 0 Å². The summed E-state index contributed by atoms with van der Waals surface area (Å²) in [5.74, 6) is -0.122. The lowest BCUT2D eigenvalue weighted by atomic mass is 10.3. The maximum atomic E-state index is 12.1. The summed E-state index contributed by atoms with van der Waals surface area (Å²) in [6.07, 6.45) is 0. The van der Waals surface area contributed by atoms with Crippen LogP contribution in [0.4, 0.5) is 0 Å². The van der Waals surface area contributed by atoms with E-state index in [-0.39, 0.29) is 24.4 Å². The van der Waals surface area contributed by atoms with Crippen molar-refractivity contribution in [3.8, 4) is 0 Å². The van der Waals surface area contributed by atoms with Gasteiger partial charge in [0.25, 0.3) is 0 Å². The summed E-state index contributed by atoms with van der Waals surface area (Å²) in [4.78, 5) is 27.2. The van der Waals surface area contributed by atoms with Crippen molar-refractivity contribution in [2.75, 3.05) is 46.8 Å². The van der Waals surface area contributed by atoms with Crippen molar-refractivity contribution in [1.82, 2.24) is 20.4 Å². The normalized spacial score (nSPS) is 10.9. The second kappa shape index (κ2) is 9.75. The lowest BCUT2D eigenvalue weighted by Gasteiger charge is -2.24. The van der Waals surface area contributed by atoms with Crippen molar-refractivity contribution in [3.63, 3.8) is 0 Å². The Hall–Kier alpha value is -1.14. The Balaban J connectivity index is 4.20. The van der Waals surface area contributed by atoms with Crippen LogP contribution in [-0.4, -0.2) is 74.5 Å². The summed E-state index contributed by atoms with van der Waals surface area (Å²) in [6, 6.07) is 0.0969. The fourth-order valence-electron chi connectivity index (χ4n) is 1.63. The van der Waals surface area contributed by atoms with Crippen LogP contribution in [0.2, 0.25) is 0 Å². The third kappa shape index (κ3) is 8.56. The van der Waals surface area contributed by atoms with E-state index < -0.39 is 0 Å². The van der Waals surface area contributed by atoms with Crippen LogP contribution in [0.25, 0.3) is 0 Å². The Morgan fingerprint density at radius 1 is 1.21 bits per heavy atom. The fraction of sp³-hybridized carbons (Fsp3) is 0.846. The standard InChI is InChI=1S/C13H28N4O2/c1-6-17(9-12(18)15-11(2)3)13(19)10-16(5)8-7-14-4/h11,14H,6-10H2,1-5H3,(H,15,18). The Labute approximate surface area is 116 Å². The van der Waals surface area contributed by atoms with Crippen LogP contribution in [-0.2, 0) is 9.59 Å². The molecular formula is C13H28N4O2. The molecule has 0 aliphatic carbocycles. The Bertz CT molecular complexity index is 282. The van der Waals surface area contributed by atoms with Crippen LogP contribution in [0, 0.1) is 0 Å². The highest BCUT2D eigenvalue weighted by Gasteiger charge is 2.17. The van der Waals surface area contributed by atoms with E-state index in [0.717, 1.165) is 13.1 Å². The number of carbonyl (C=O) groups excluding carboxylic acids is 2. The maximum Gasteiger partial charge on any atom is 0.239 e. The number of nitrogens with zero attached hydrogens (tertiary/aromatic N) is 2. The van der Waals surface area contributed by atoms with Gasteiger partial charge in [0.15, 0.2) is 0 Å². The molecule has 0 saturated carbocycles. The molecule has 0 atom stereocenters. The maximum absolute atomic E-state index is 12.1. The topological polar surface area (TPSA) is 64.7 Å². The molecule has 0 bridgehead atoms. The zero-order chi connectivity index (χ0) is 14.8. The molecule has 0 saturated heterocycles. The molecule has 0 unspecified atom stereocenters. The molecule has 0 aromatic rings. The quantitative estimate of drug-likeness (QED) is 0.594. The molecule has 6 nitrogen and oxygen atoms in total. The minimum atomic E-state index is -0.108. The highest BCUT2D eigenvalue weighted by atomic mass is 16.2. The molecule has 0 fully saturated rings. The lowest BCUT2D eigenvalue weighted by molar-refractivity contribution is -0.136. The van der Waals surface area contributed by atoms with Gasteiger partial charge < -0.3 is 15.5 Å². The molecule has 19 heavy (non-hydrogen) atoms. The molecule has 112 valence electrons. The van der Waals surface area contributed by atoms with Crippen molar-refractivity contribution in [1.29, 1.82) is 0 Å². The zero-order valence-corrected chi connectivity index (χ0v) is 12.8. The minimum absolute atomic E-state index is 0.0139. The van der Waals surface area contributed by atoms with Gasteiger partial charge in [-0.15, -0.1) is 0 Å². The van der Waals surface area contributed by atoms with Gasteiger partial charge in [0.05, 0.1) is 13.1 Å². The van der Waals surface area contributed by atoms with E-state index in [1.807, 2.05) is 39.8 Å². The highest BCUT2D eigenvalue weighted by molar-refractivity contribution is 5.85. The summed E-state index contributed by atoms with van der Waals surface area (Å²) in [6.45, 7) is 8.35. The van der Waals surface area contributed by atoms with Crippen molar-refractivity contribution in [2.24, 2.45) is 0 Å². The van der Waals surface area contributed by atoms with Crippen LogP contribution < -0.4 is 10.6 Å². The number of hydrogen-bond donors (Lipinski definition) is 2. The van der Waals surface area contributed by atoms with Gasteiger partial charge in [0, 0.05) is 25.7 Å². The Kier molecular flexibility index (Phi) is 9.16. The predicted octanol–water partition coefficient (Wildman–Crippen LogP) is -0.489. The smallest absolute Gasteiger partial charge is 0.239 e. The Morgan fingerprint density at radius 3 is 2.32 bits per heavy atom. The van der Waals surface area contributed by atoms with Crippen molar-refractivity contribution >= 4 is 11.8 Å².